The van der Waals surface area contributed by atoms with Gasteiger partial charge in [0.05, 0.1) is 12.5 Å². The van der Waals surface area contributed by atoms with E-state index >= 15 is 0 Å². The highest BCUT2D eigenvalue weighted by atomic mass is 32.1. The van der Waals surface area contributed by atoms with Crippen LogP contribution in [-0.2, 0) is 13.1 Å². The molecule has 0 fully saturated rings. The lowest BCUT2D eigenvalue weighted by Gasteiger charge is -2.01. The van der Waals surface area contributed by atoms with Crippen molar-refractivity contribution in [3.8, 4) is 0 Å². The van der Waals surface area contributed by atoms with Crippen LogP contribution < -0.4 is 5.32 Å². The van der Waals surface area contributed by atoms with Gasteiger partial charge < -0.3 is 9.73 Å². The van der Waals surface area contributed by atoms with Gasteiger partial charge in [0, 0.05) is 18.7 Å². The van der Waals surface area contributed by atoms with Crippen LogP contribution in [0.15, 0.2) is 33.8 Å². The first kappa shape index (κ1) is 9.49. The third kappa shape index (κ3) is 2.25. The van der Waals surface area contributed by atoms with Crippen LogP contribution in [0.25, 0.3) is 0 Å². The summed E-state index contributed by atoms with van der Waals surface area (Å²) in [4.78, 5) is 0. The minimum Gasteiger partial charge on any atom is -0.472 e. The summed E-state index contributed by atoms with van der Waals surface area (Å²) < 4.78 is 4.99. The van der Waals surface area contributed by atoms with Gasteiger partial charge >= 0.3 is 0 Å². The molecule has 3 heteroatoms. The van der Waals surface area contributed by atoms with Gasteiger partial charge in [-0.25, -0.2) is 0 Å². The van der Waals surface area contributed by atoms with E-state index in [0.29, 0.717) is 0 Å². The molecule has 0 aliphatic heterocycles. The number of nitrogens with one attached hydrogen (secondary N) is 1. The molecule has 0 atom stereocenters. The van der Waals surface area contributed by atoms with Gasteiger partial charge in [-0.15, -0.1) is 0 Å². The number of furan rings is 1. The SMILES string of the molecule is Cc1cscc1CNCc1ccoc1. The fourth-order valence-corrected chi connectivity index (χ4v) is 2.16. The second-order valence-corrected chi connectivity index (χ2v) is 4.06. The maximum Gasteiger partial charge on any atom is 0.0947 e. The van der Waals surface area contributed by atoms with Crippen molar-refractivity contribution in [1.29, 1.82) is 0 Å². The van der Waals surface area contributed by atoms with E-state index in [1.807, 2.05) is 6.07 Å². The molecular weight excluding hydrogens is 194 g/mol. The van der Waals surface area contributed by atoms with E-state index in [2.05, 4.69) is 23.0 Å². The quantitative estimate of drug-likeness (QED) is 0.834. The van der Waals surface area contributed by atoms with Crippen molar-refractivity contribution in [3.05, 3.63) is 46.0 Å². The Balaban J connectivity index is 1.81. The molecular formula is C11H13NOS. The van der Waals surface area contributed by atoms with E-state index in [4.69, 9.17) is 4.42 Å². The van der Waals surface area contributed by atoms with E-state index in [1.165, 1.54) is 16.7 Å². The van der Waals surface area contributed by atoms with Gasteiger partial charge in [-0.2, -0.15) is 11.3 Å². The zero-order chi connectivity index (χ0) is 9.80. The Hall–Kier alpha value is -1.06. The highest BCUT2D eigenvalue weighted by Gasteiger charge is 1.98. The Kier molecular flexibility index (Phi) is 3.01. The van der Waals surface area contributed by atoms with Crippen LogP contribution >= 0.6 is 11.3 Å². The lowest BCUT2D eigenvalue weighted by Crippen LogP contribution is -2.12. The monoisotopic (exact) mass is 207 g/mol. The first-order valence-corrected chi connectivity index (χ1v) is 5.54. The molecule has 14 heavy (non-hydrogen) atoms. The van der Waals surface area contributed by atoms with Crippen molar-refractivity contribution in [1.82, 2.24) is 5.32 Å². The summed E-state index contributed by atoms with van der Waals surface area (Å²) >= 11 is 1.76. The van der Waals surface area contributed by atoms with Gasteiger partial charge in [0.1, 0.15) is 0 Å². The van der Waals surface area contributed by atoms with Gasteiger partial charge in [0.15, 0.2) is 0 Å². The molecule has 0 saturated heterocycles. The minimum atomic E-state index is 0.867. The second-order valence-electron chi connectivity index (χ2n) is 3.32. The lowest BCUT2D eigenvalue weighted by atomic mass is 10.2. The van der Waals surface area contributed by atoms with Gasteiger partial charge in [0.2, 0.25) is 0 Å². The van der Waals surface area contributed by atoms with Crippen LogP contribution in [0, 0.1) is 6.92 Å². The van der Waals surface area contributed by atoms with Crippen molar-refractivity contribution < 1.29 is 4.42 Å². The summed E-state index contributed by atoms with van der Waals surface area (Å²) in [6.45, 7) is 3.94. The number of aryl methyl sites for hydroxylation is 1. The Morgan fingerprint density at radius 2 is 2.29 bits per heavy atom. The molecule has 2 nitrogen and oxygen atoms in total. The highest BCUT2D eigenvalue weighted by Crippen LogP contribution is 2.13. The normalized spacial score (nSPS) is 10.6. The van der Waals surface area contributed by atoms with Crippen molar-refractivity contribution in [2.24, 2.45) is 0 Å². The number of rotatable bonds is 4. The molecule has 2 rings (SSSR count). The van der Waals surface area contributed by atoms with Crippen molar-refractivity contribution >= 4 is 11.3 Å². The Morgan fingerprint density at radius 1 is 1.36 bits per heavy atom. The zero-order valence-electron chi connectivity index (χ0n) is 8.12. The van der Waals surface area contributed by atoms with Crippen LogP contribution in [0.5, 0.6) is 0 Å². The third-order valence-electron chi connectivity index (χ3n) is 2.19. The summed E-state index contributed by atoms with van der Waals surface area (Å²) in [6, 6.07) is 1.98. The Bertz CT molecular complexity index is 378. The summed E-state index contributed by atoms with van der Waals surface area (Å²) in [5.41, 5.74) is 3.95. The molecule has 0 amide bonds. The average Bonchev–Trinajstić information content (AvgIpc) is 2.78. The number of hydrogen-bond donors (Lipinski definition) is 1. The van der Waals surface area contributed by atoms with Crippen molar-refractivity contribution in [2.45, 2.75) is 20.0 Å². The first-order valence-electron chi connectivity index (χ1n) is 4.60. The van der Waals surface area contributed by atoms with Crippen LogP contribution in [0.1, 0.15) is 16.7 Å². The highest BCUT2D eigenvalue weighted by molar-refractivity contribution is 7.08. The maximum atomic E-state index is 4.99. The molecule has 0 aromatic carbocycles. The van der Waals surface area contributed by atoms with Gasteiger partial charge in [-0.1, -0.05) is 0 Å². The molecule has 2 aromatic rings. The Morgan fingerprint density at radius 3 is 2.93 bits per heavy atom. The van der Waals surface area contributed by atoms with Gasteiger partial charge in [0.25, 0.3) is 0 Å². The standard InChI is InChI=1S/C11H13NOS/c1-9-7-14-8-11(9)5-12-4-10-2-3-13-6-10/h2-3,6-8,12H,4-5H2,1H3. The van der Waals surface area contributed by atoms with Gasteiger partial charge in [-0.3, -0.25) is 0 Å². The molecule has 2 aromatic heterocycles. The first-order chi connectivity index (χ1) is 6.86. The molecule has 0 unspecified atom stereocenters. The van der Waals surface area contributed by atoms with Crippen molar-refractivity contribution in [3.63, 3.8) is 0 Å². The topological polar surface area (TPSA) is 25.2 Å². The van der Waals surface area contributed by atoms with E-state index in [-0.39, 0.29) is 0 Å². The molecule has 2 heterocycles. The Labute approximate surface area is 87.6 Å². The zero-order valence-corrected chi connectivity index (χ0v) is 8.93. The van der Waals surface area contributed by atoms with Crippen LogP contribution in [0.4, 0.5) is 0 Å². The molecule has 0 aliphatic carbocycles. The summed E-state index contributed by atoms with van der Waals surface area (Å²) in [5, 5.41) is 7.75. The van der Waals surface area contributed by atoms with Crippen molar-refractivity contribution in [2.75, 3.05) is 0 Å². The average molecular weight is 207 g/mol. The molecule has 0 aliphatic rings. The van der Waals surface area contributed by atoms with Crippen LogP contribution in [-0.4, -0.2) is 0 Å². The summed E-state index contributed by atoms with van der Waals surface area (Å²) in [7, 11) is 0. The minimum absolute atomic E-state index is 0.867. The summed E-state index contributed by atoms with van der Waals surface area (Å²) in [6.07, 6.45) is 3.47. The number of hydrogen-bond acceptors (Lipinski definition) is 3. The molecule has 0 radical (unpaired) electrons. The van der Waals surface area contributed by atoms with E-state index in [0.717, 1.165) is 13.1 Å². The smallest absolute Gasteiger partial charge is 0.0947 e. The maximum absolute atomic E-state index is 4.99. The largest absolute Gasteiger partial charge is 0.472 e. The second kappa shape index (κ2) is 4.44. The van der Waals surface area contributed by atoms with Crippen LogP contribution in [0.3, 0.4) is 0 Å². The molecule has 74 valence electrons. The summed E-state index contributed by atoms with van der Waals surface area (Å²) in [5.74, 6) is 0. The molecule has 0 saturated carbocycles. The number of thiophene rings is 1. The molecule has 0 bridgehead atoms. The fourth-order valence-electron chi connectivity index (χ4n) is 1.30. The fraction of sp³-hybridized carbons (Fsp3) is 0.273. The van der Waals surface area contributed by atoms with E-state index in [9.17, 15) is 0 Å². The molecule has 1 N–H and O–H groups in total. The predicted molar refractivity (Wildman–Crippen MR) is 58.3 cm³/mol. The lowest BCUT2D eigenvalue weighted by molar-refractivity contribution is 0.560. The van der Waals surface area contributed by atoms with E-state index < -0.39 is 0 Å². The van der Waals surface area contributed by atoms with E-state index in [1.54, 1.807) is 23.9 Å². The van der Waals surface area contributed by atoms with Crippen LogP contribution in [0.2, 0.25) is 0 Å². The molecule has 0 spiro atoms. The predicted octanol–water partition coefficient (Wildman–Crippen LogP) is 2.94. The van der Waals surface area contributed by atoms with Gasteiger partial charge in [-0.05, 0) is 34.9 Å². The third-order valence-corrected chi connectivity index (χ3v) is 3.10.